The summed E-state index contributed by atoms with van der Waals surface area (Å²) in [6.07, 6.45) is 2.36. The van der Waals surface area contributed by atoms with E-state index < -0.39 is 5.41 Å². The minimum atomic E-state index is -0.725. The van der Waals surface area contributed by atoms with Gasteiger partial charge in [-0.15, -0.1) is 0 Å². The fourth-order valence-corrected chi connectivity index (χ4v) is 4.76. The molecule has 0 bridgehead atoms. The summed E-state index contributed by atoms with van der Waals surface area (Å²) in [5, 5.41) is 9.70. The van der Waals surface area contributed by atoms with Crippen molar-refractivity contribution in [2.24, 2.45) is 0 Å². The normalized spacial score (nSPS) is 22.1. The highest BCUT2D eigenvalue weighted by Crippen LogP contribution is 2.46. The zero-order chi connectivity index (χ0) is 20.4. The van der Waals surface area contributed by atoms with Crippen molar-refractivity contribution < 1.29 is 14.7 Å². The molecule has 0 saturated carbocycles. The number of aliphatic hydroxyl groups excluding tert-OH is 1. The van der Waals surface area contributed by atoms with Crippen molar-refractivity contribution in [1.29, 1.82) is 0 Å². The van der Waals surface area contributed by atoms with Gasteiger partial charge in [-0.3, -0.25) is 9.59 Å². The van der Waals surface area contributed by atoms with Crippen molar-refractivity contribution in [3.8, 4) is 0 Å². The summed E-state index contributed by atoms with van der Waals surface area (Å²) in [6, 6.07) is 18.0. The van der Waals surface area contributed by atoms with Gasteiger partial charge in [-0.05, 0) is 42.9 Å². The van der Waals surface area contributed by atoms with E-state index in [4.69, 9.17) is 0 Å². The van der Waals surface area contributed by atoms with Crippen molar-refractivity contribution in [3.63, 3.8) is 0 Å². The number of carbonyl (C=O) groups is 2. The zero-order valence-electron chi connectivity index (χ0n) is 16.9. The molecular formula is C24H28N2O3. The number of carbonyl (C=O) groups excluding carboxylic acids is 2. The lowest BCUT2D eigenvalue weighted by atomic mass is 9.73. The number of amides is 2. The molecule has 2 aromatic carbocycles. The molecule has 1 N–H and O–H groups in total. The maximum atomic E-state index is 13.5. The van der Waals surface area contributed by atoms with Gasteiger partial charge in [0.05, 0.1) is 11.5 Å². The van der Waals surface area contributed by atoms with Crippen molar-refractivity contribution in [2.75, 3.05) is 25.0 Å². The van der Waals surface area contributed by atoms with Crippen molar-refractivity contribution >= 4 is 17.5 Å². The molecule has 1 saturated heterocycles. The minimum Gasteiger partial charge on any atom is -0.393 e. The first kappa shape index (κ1) is 19.6. The molecule has 1 fully saturated rings. The van der Waals surface area contributed by atoms with Crippen molar-refractivity contribution in [1.82, 2.24) is 4.90 Å². The van der Waals surface area contributed by atoms with Gasteiger partial charge in [0.2, 0.25) is 11.8 Å². The number of hydrogen-bond acceptors (Lipinski definition) is 3. The van der Waals surface area contributed by atoms with Crippen LogP contribution in [0.15, 0.2) is 54.6 Å². The molecule has 29 heavy (non-hydrogen) atoms. The Labute approximate surface area is 171 Å². The minimum absolute atomic E-state index is 0.0596. The largest absolute Gasteiger partial charge is 0.393 e. The average Bonchev–Trinajstić information content (AvgIpc) is 2.96. The second kappa shape index (κ2) is 7.99. The van der Waals surface area contributed by atoms with E-state index in [0.717, 1.165) is 16.8 Å². The molecule has 2 heterocycles. The molecule has 5 heteroatoms. The van der Waals surface area contributed by atoms with Gasteiger partial charge in [0.25, 0.3) is 0 Å². The highest BCUT2D eigenvalue weighted by Gasteiger charge is 2.49. The third-order valence-electron chi connectivity index (χ3n) is 6.43. The third kappa shape index (κ3) is 3.67. The Morgan fingerprint density at radius 1 is 1.07 bits per heavy atom. The second-order valence-corrected chi connectivity index (χ2v) is 8.24. The molecule has 152 valence electrons. The molecule has 0 unspecified atom stereocenters. The number of aliphatic hydroxyl groups is 1. The van der Waals surface area contributed by atoms with Crippen LogP contribution in [0.2, 0.25) is 0 Å². The van der Waals surface area contributed by atoms with Crippen LogP contribution in [0.3, 0.4) is 0 Å². The Kier molecular flexibility index (Phi) is 5.41. The van der Waals surface area contributed by atoms with E-state index in [1.165, 1.54) is 0 Å². The van der Waals surface area contributed by atoms with Crippen LogP contribution in [0.1, 0.15) is 36.8 Å². The first-order valence-electron chi connectivity index (χ1n) is 10.4. The van der Waals surface area contributed by atoms with Crippen LogP contribution in [-0.4, -0.2) is 48.1 Å². The number of anilines is 1. The molecule has 0 spiro atoms. The number of rotatable bonds is 5. The molecule has 0 aliphatic carbocycles. The summed E-state index contributed by atoms with van der Waals surface area (Å²) in [5.41, 5.74) is 2.32. The van der Waals surface area contributed by atoms with E-state index >= 15 is 0 Å². The van der Waals surface area contributed by atoms with E-state index in [1.807, 2.05) is 66.5 Å². The Morgan fingerprint density at radius 3 is 2.45 bits per heavy atom. The predicted octanol–water partition coefficient (Wildman–Crippen LogP) is 2.91. The van der Waals surface area contributed by atoms with Crippen LogP contribution in [0.4, 0.5) is 5.69 Å². The fraction of sp³-hybridized carbons (Fsp3) is 0.417. The first-order valence-corrected chi connectivity index (χ1v) is 10.4. The maximum Gasteiger partial charge on any atom is 0.237 e. The molecule has 4 rings (SSSR count). The predicted molar refractivity (Wildman–Crippen MR) is 113 cm³/mol. The molecule has 5 nitrogen and oxygen atoms in total. The molecule has 0 radical (unpaired) electrons. The highest BCUT2D eigenvalue weighted by atomic mass is 16.3. The van der Waals surface area contributed by atoms with Crippen LogP contribution in [0.5, 0.6) is 0 Å². The van der Waals surface area contributed by atoms with Crippen LogP contribution in [-0.2, 0) is 21.4 Å². The van der Waals surface area contributed by atoms with Gasteiger partial charge in [0.15, 0.2) is 0 Å². The smallest absolute Gasteiger partial charge is 0.237 e. The van der Waals surface area contributed by atoms with Gasteiger partial charge in [0, 0.05) is 32.2 Å². The lowest BCUT2D eigenvalue weighted by Gasteiger charge is -2.32. The third-order valence-corrected chi connectivity index (χ3v) is 6.43. The fourth-order valence-electron chi connectivity index (χ4n) is 4.76. The number of fused-ring (bicyclic) bond motifs is 1. The Bertz CT molecular complexity index is 890. The quantitative estimate of drug-likeness (QED) is 0.851. The van der Waals surface area contributed by atoms with E-state index in [1.54, 1.807) is 4.90 Å². The Balaban J connectivity index is 1.61. The van der Waals surface area contributed by atoms with E-state index in [-0.39, 0.29) is 17.9 Å². The second-order valence-electron chi connectivity index (χ2n) is 8.24. The Hall–Kier alpha value is -2.66. The Morgan fingerprint density at radius 2 is 1.72 bits per heavy atom. The standard InChI is InChI=1S/C24H28N2O3/c1-25-21-10-6-5-9-20(21)24(23(25)29,17-18-7-3-2-4-8-18)14-11-22(28)26-15-12-19(27)13-16-26/h2-10,19,27H,11-17H2,1H3/t24-/m1/s1. The van der Waals surface area contributed by atoms with Gasteiger partial charge in [0.1, 0.15) is 0 Å². The summed E-state index contributed by atoms with van der Waals surface area (Å²) in [5.74, 6) is 0.133. The van der Waals surface area contributed by atoms with Gasteiger partial charge in [-0.25, -0.2) is 0 Å². The summed E-state index contributed by atoms with van der Waals surface area (Å²) in [4.78, 5) is 29.9. The summed E-state index contributed by atoms with van der Waals surface area (Å²) in [6.45, 7) is 1.19. The SMILES string of the molecule is CN1C(=O)[C@](CCC(=O)N2CCC(O)CC2)(Cc2ccccc2)c2ccccc21. The summed E-state index contributed by atoms with van der Waals surface area (Å²) < 4.78 is 0. The average molecular weight is 392 g/mol. The topological polar surface area (TPSA) is 60.9 Å². The van der Waals surface area contributed by atoms with Gasteiger partial charge in [-0.2, -0.15) is 0 Å². The van der Waals surface area contributed by atoms with Gasteiger partial charge >= 0.3 is 0 Å². The maximum absolute atomic E-state index is 13.5. The zero-order valence-corrected chi connectivity index (χ0v) is 16.9. The first-order chi connectivity index (χ1) is 14.0. The number of para-hydroxylation sites is 1. The van der Waals surface area contributed by atoms with Crippen molar-refractivity contribution in [3.05, 3.63) is 65.7 Å². The molecule has 2 amide bonds. The molecule has 2 aliphatic heterocycles. The number of piperidine rings is 1. The molecule has 0 aromatic heterocycles. The number of hydrogen-bond donors (Lipinski definition) is 1. The monoisotopic (exact) mass is 392 g/mol. The van der Waals surface area contributed by atoms with Crippen molar-refractivity contribution in [2.45, 2.75) is 43.6 Å². The van der Waals surface area contributed by atoms with Crippen LogP contribution in [0, 0.1) is 0 Å². The number of benzene rings is 2. The molecule has 2 aliphatic rings. The van der Waals surface area contributed by atoms with E-state index in [0.29, 0.717) is 45.2 Å². The van der Waals surface area contributed by atoms with E-state index in [2.05, 4.69) is 0 Å². The number of likely N-dealkylation sites (N-methyl/N-ethyl adjacent to an activating group) is 1. The number of likely N-dealkylation sites (tertiary alicyclic amines) is 1. The van der Waals surface area contributed by atoms with Crippen LogP contribution < -0.4 is 4.90 Å². The highest BCUT2D eigenvalue weighted by molar-refractivity contribution is 6.08. The molecule has 1 atom stereocenters. The number of nitrogens with zero attached hydrogens (tertiary/aromatic N) is 2. The lowest BCUT2D eigenvalue weighted by Crippen LogP contribution is -2.43. The van der Waals surface area contributed by atoms with E-state index in [9.17, 15) is 14.7 Å². The van der Waals surface area contributed by atoms with Crippen LogP contribution in [0.25, 0.3) is 0 Å². The molecular weight excluding hydrogens is 364 g/mol. The molecule has 2 aromatic rings. The van der Waals surface area contributed by atoms with Gasteiger partial charge < -0.3 is 14.9 Å². The lowest BCUT2D eigenvalue weighted by molar-refractivity contribution is -0.134. The summed E-state index contributed by atoms with van der Waals surface area (Å²) >= 11 is 0. The van der Waals surface area contributed by atoms with Crippen LogP contribution >= 0.6 is 0 Å². The van der Waals surface area contributed by atoms with Gasteiger partial charge in [-0.1, -0.05) is 48.5 Å². The summed E-state index contributed by atoms with van der Waals surface area (Å²) in [7, 11) is 1.82.